The smallest absolute Gasteiger partial charge is 0.258 e. The van der Waals surface area contributed by atoms with Crippen molar-refractivity contribution < 1.29 is 4.79 Å². The molecule has 0 aliphatic rings. The van der Waals surface area contributed by atoms with Crippen LogP contribution in [-0.4, -0.2) is 21.8 Å². The minimum atomic E-state index is -0.302. The molecule has 2 heterocycles. The molecule has 0 fully saturated rings. The molecule has 0 aliphatic carbocycles. The van der Waals surface area contributed by atoms with E-state index in [-0.39, 0.29) is 11.5 Å². The van der Waals surface area contributed by atoms with Crippen molar-refractivity contribution in [3.05, 3.63) is 46.5 Å². The summed E-state index contributed by atoms with van der Waals surface area (Å²) < 4.78 is 1.50. The molecule has 0 unspecified atom stereocenters. The van der Waals surface area contributed by atoms with E-state index in [0.29, 0.717) is 37.3 Å². The zero-order chi connectivity index (χ0) is 13.7. The molecule has 2 aromatic heterocycles. The van der Waals surface area contributed by atoms with Gasteiger partial charge >= 0.3 is 0 Å². The Balaban J connectivity index is 1.98. The number of pyridine rings is 1. The van der Waals surface area contributed by atoms with Gasteiger partial charge in [-0.3, -0.25) is 14.0 Å². The summed E-state index contributed by atoms with van der Waals surface area (Å²) >= 11 is 0. The topological polar surface area (TPSA) is 89.5 Å². The van der Waals surface area contributed by atoms with Gasteiger partial charge in [0, 0.05) is 25.2 Å². The molecule has 0 saturated carbocycles. The third kappa shape index (κ3) is 3.62. The number of nitrogens with one attached hydrogen (secondary N) is 1. The van der Waals surface area contributed by atoms with Gasteiger partial charge in [0.2, 0.25) is 5.91 Å². The van der Waals surface area contributed by atoms with Crippen molar-refractivity contribution in [2.45, 2.75) is 19.4 Å². The van der Waals surface area contributed by atoms with E-state index in [1.54, 1.807) is 18.3 Å². The molecule has 100 valence electrons. The van der Waals surface area contributed by atoms with Crippen molar-refractivity contribution in [3.8, 4) is 0 Å². The zero-order valence-corrected chi connectivity index (χ0v) is 10.5. The van der Waals surface area contributed by atoms with Crippen LogP contribution in [0.3, 0.4) is 0 Å². The van der Waals surface area contributed by atoms with Crippen LogP contribution in [0.4, 0.5) is 0 Å². The SMILES string of the molecule is NC(=O)CCCNCc1cc(=O)n2ccccc2n1. The molecule has 0 aromatic carbocycles. The maximum atomic E-state index is 11.8. The summed E-state index contributed by atoms with van der Waals surface area (Å²) in [6.07, 6.45) is 2.73. The maximum Gasteiger partial charge on any atom is 0.258 e. The molecule has 0 bridgehead atoms. The first-order valence-electron chi connectivity index (χ1n) is 6.13. The Labute approximate surface area is 110 Å². The standard InChI is InChI=1S/C13H16N4O2/c14-11(18)4-3-6-15-9-10-8-13(19)17-7-2-1-5-12(17)16-10/h1-2,5,7-8,15H,3-4,6,9H2,(H2,14,18). The Bertz CT molecular complexity index is 636. The van der Waals surface area contributed by atoms with Gasteiger partial charge in [-0.25, -0.2) is 4.98 Å². The van der Waals surface area contributed by atoms with Crippen LogP contribution in [0.1, 0.15) is 18.5 Å². The van der Waals surface area contributed by atoms with Crippen LogP contribution in [0.2, 0.25) is 0 Å². The summed E-state index contributed by atoms with van der Waals surface area (Å²) in [5, 5.41) is 3.13. The first-order chi connectivity index (χ1) is 9.16. The lowest BCUT2D eigenvalue weighted by Gasteiger charge is -2.05. The van der Waals surface area contributed by atoms with Crippen LogP contribution < -0.4 is 16.6 Å². The number of nitrogens with zero attached hydrogens (tertiary/aromatic N) is 2. The van der Waals surface area contributed by atoms with Gasteiger partial charge < -0.3 is 11.1 Å². The van der Waals surface area contributed by atoms with Crippen molar-refractivity contribution in [3.63, 3.8) is 0 Å². The monoisotopic (exact) mass is 260 g/mol. The lowest BCUT2D eigenvalue weighted by Crippen LogP contribution is -2.21. The second-order valence-electron chi connectivity index (χ2n) is 4.26. The number of aromatic nitrogens is 2. The van der Waals surface area contributed by atoms with E-state index in [9.17, 15) is 9.59 Å². The van der Waals surface area contributed by atoms with Crippen LogP contribution in [0.25, 0.3) is 5.65 Å². The number of hydrogen-bond donors (Lipinski definition) is 2. The fraction of sp³-hybridized carbons (Fsp3) is 0.308. The molecule has 0 aliphatic heterocycles. The molecule has 3 N–H and O–H groups in total. The van der Waals surface area contributed by atoms with Crippen molar-refractivity contribution in [2.75, 3.05) is 6.54 Å². The number of nitrogens with two attached hydrogens (primary N) is 1. The Morgan fingerprint density at radius 2 is 2.26 bits per heavy atom. The third-order valence-electron chi connectivity index (χ3n) is 2.71. The van der Waals surface area contributed by atoms with E-state index < -0.39 is 0 Å². The van der Waals surface area contributed by atoms with Crippen molar-refractivity contribution in [1.82, 2.24) is 14.7 Å². The number of rotatable bonds is 6. The number of carbonyl (C=O) groups is 1. The van der Waals surface area contributed by atoms with Gasteiger partial charge in [0.05, 0.1) is 5.69 Å². The summed E-state index contributed by atoms with van der Waals surface area (Å²) in [6.45, 7) is 1.16. The molecule has 2 rings (SSSR count). The minimum Gasteiger partial charge on any atom is -0.370 e. The molecule has 1 amide bonds. The van der Waals surface area contributed by atoms with E-state index >= 15 is 0 Å². The Kier molecular flexibility index (Phi) is 4.25. The summed E-state index contributed by atoms with van der Waals surface area (Å²) in [5.41, 5.74) is 6.27. The van der Waals surface area contributed by atoms with Gasteiger partial charge in [-0.15, -0.1) is 0 Å². The molecule has 2 aromatic rings. The van der Waals surface area contributed by atoms with Gasteiger partial charge in [0.1, 0.15) is 5.65 Å². The van der Waals surface area contributed by atoms with E-state index in [4.69, 9.17) is 5.73 Å². The van der Waals surface area contributed by atoms with Gasteiger partial charge in [-0.2, -0.15) is 0 Å². The molecule has 6 heteroatoms. The molecule has 0 saturated heterocycles. The molecule has 19 heavy (non-hydrogen) atoms. The highest BCUT2D eigenvalue weighted by atomic mass is 16.1. The highest BCUT2D eigenvalue weighted by Gasteiger charge is 2.01. The van der Waals surface area contributed by atoms with Gasteiger partial charge in [-0.1, -0.05) is 6.07 Å². The van der Waals surface area contributed by atoms with Crippen molar-refractivity contribution in [1.29, 1.82) is 0 Å². The van der Waals surface area contributed by atoms with E-state index in [2.05, 4.69) is 10.3 Å². The van der Waals surface area contributed by atoms with Crippen LogP contribution in [0.15, 0.2) is 35.3 Å². The van der Waals surface area contributed by atoms with E-state index in [1.165, 1.54) is 10.5 Å². The number of hydrogen-bond acceptors (Lipinski definition) is 4. The second-order valence-corrected chi connectivity index (χ2v) is 4.26. The fourth-order valence-electron chi connectivity index (χ4n) is 1.80. The lowest BCUT2D eigenvalue weighted by molar-refractivity contribution is -0.118. The summed E-state index contributed by atoms with van der Waals surface area (Å²) in [6, 6.07) is 6.93. The predicted octanol–water partition coefficient (Wildman–Crippen LogP) is 0.0496. The summed E-state index contributed by atoms with van der Waals surface area (Å²) in [4.78, 5) is 26.8. The van der Waals surface area contributed by atoms with Crippen molar-refractivity contribution >= 4 is 11.6 Å². The average Bonchev–Trinajstić information content (AvgIpc) is 2.38. The van der Waals surface area contributed by atoms with Crippen LogP contribution >= 0.6 is 0 Å². The first kappa shape index (κ1) is 13.2. The molecular weight excluding hydrogens is 244 g/mol. The number of fused-ring (bicyclic) bond motifs is 1. The number of amides is 1. The zero-order valence-electron chi connectivity index (χ0n) is 10.5. The Morgan fingerprint density at radius 1 is 1.42 bits per heavy atom. The van der Waals surface area contributed by atoms with Crippen molar-refractivity contribution in [2.24, 2.45) is 5.73 Å². The second kappa shape index (κ2) is 6.10. The molecule has 6 nitrogen and oxygen atoms in total. The lowest BCUT2D eigenvalue weighted by atomic mass is 10.3. The summed E-state index contributed by atoms with van der Waals surface area (Å²) in [7, 11) is 0. The Hall–Kier alpha value is -2.21. The molecule has 0 spiro atoms. The summed E-state index contributed by atoms with van der Waals surface area (Å²) in [5.74, 6) is -0.302. The fourth-order valence-corrected chi connectivity index (χ4v) is 1.80. The molecule has 0 atom stereocenters. The number of primary amides is 1. The van der Waals surface area contributed by atoms with Gasteiger partial charge in [-0.05, 0) is 25.1 Å². The highest BCUT2D eigenvalue weighted by Crippen LogP contribution is 1.98. The van der Waals surface area contributed by atoms with Crippen LogP contribution in [0.5, 0.6) is 0 Å². The Morgan fingerprint density at radius 3 is 3.05 bits per heavy atom. The van der Waals surface area contributed by atoms with Gasteiger partial charge in [0.25, 0.3) is 5.56 Å². The van der Waals surface area contributed by atoms with E-state index in [0.717, 1.165) is 0 Å². The molecule has 0 radical (unpaired) electrons. The van der Waals surface area contributed by atoms with E-state index in [1.807, 2.05) is 6.07 Å². The molecular formula is C13H16N4O2. The van der Waals surface area contributed by atoms with Gasteiger partial charge in [0.15, 0.2) is 0 Å². The largest absolute Gasteiger partial charge is 0.370 e. The average molecular weight is 260 g/mol. The van der Waals surface area contributed by atoms with Crippen LogP contribution in [0, 0.1) is 0 Å². The number of carbonyl (C=O) groups excluding carboxylic acids is 1. The predicted molar refractivity (Wildman–Crippen MR) is 71.6 cm³/mol. The highest BCUT2D eigenvalue weighted by molar-refractivity contribution is 5.73. The minimum absolute atomic E-state index is 0.0977. The maximum absolute atomic E-state index is 11.8. The quantitative estimate of drug-likeness (QED) is 0.718. The van der Waals surface area contributed by atoms with Crippen LogP contribution in [-0.2, 0) is 11.3 Å². The first-order valence-corrected chi connectivity index (χ1v) is 6.13. The third-order valence-corrected chi connectivity index (χ3v) is 2.71. The normalized spacial score (nSPS) is 10.7.